The Morgan fingerprint density at radius 3 is 2.72 bits per heavy atom. The average Bonchev–Trinajstić information content (AvgIpc) is 2.45. The topological polar surface area (TPSA) is 21.3 Å². The quantitative estimate of drug-likeness (QED) is 0.774. The van der Waals surface area contributed by atoms with E-state index in [0.29, 0.717) is 5.92 Å². The first-order valence-electron chi connectivity index (χ1n) is 7.33. The van der Waals surface area contributed by atoms with Crippen LogP contribution in [-0.2, 0) is 0 Å². The van der Waals surface area contributed by atoms with Crippen molar-refractivity contribution in [3.8, 4) is 5.75 Å². The minimum atomic E-state index is 0.688. The number of piperidine rings is 1. The first-order valence-corrected chi connectivity index (χ1v) is 7.33. The molecule has 1 saturated heterocycles. The van der Waals surface area contributed by atoms with Crippen LogP contribution in [0.1, 0.15) is 50.5 Å². The summed E-state index contributed by atoms with van der Waals surface area (Å²) in [5, 5.41) is 3.46. The highest BCUT2D eigenvalue weighted by Crippen LogP contribution is 2.25. The van der Waals surface area contributed by atoms with Gasteiger partial charge in [-0.1, -0.05) is 31.9 Å². The third-order valence-corrected chi connectivity index (χ3v) is 3.67. The van der Waals surface area contributed by atoms with Crippen LogP contribution in [-0.4, -0.2) is 19.7 Å². The molecule has 0 bridgehead atoms. The Hall–Kier alpha value is -1.02. The van der Waals surface area contributed by atoms with Gasteiger partial charge in [0.05, 0.1) is 6.61 Å². The van der Waals surface area contributed by atoms with Crippen molar-refractivity contribution in [2.45, 2.75) is 44.9 Å². The fourth-order valence-electron chi connectivity index (χ4n) is 2.51. The molecule has 1 aromatic rings. The molecule has 1 aliphatic rings. The number of rotatable bonds is 6. The Morgan fingerprint density at radius 2 is 2.06 bits per heavy atom. The molecule has 2 nitrogen and oxygen atoms in total. The molecular formula is C16H25NO. The Morgan fingerprint density at radius 1 is 1.22 bits per heavy atom. The molecule has 2 rings (SSSR count). The molecule has 0 aliphatic carbocycles. The molecule has 0 saturated carbocycles. The van der Waals surface area contributed by atoms with Crippen LogP contribution in [0.4, 0.5) is 0 Å². The maximum atomic E-state index is 5.73. The Kier molecular flexibility index (Phi) is 5.53. The normalized spacial score (nSPS) is 19.7. The van der Waals surface area contributed by atoms with Crippen molar-refractivity contribution in [3.05, 3.63) is 29.8 Å². The molecule has 2 heteroatoms. The molecule has 0 amide bonds. The van der Waals surface area contributed by atoms with Crippen molar-refractivity contribution in [3.63, 3.8) is 0 Å². The highest BCUT2D eigenvalue weighted by molar-refractivity contribution is 5.29. The van der Waals surface area contributed by atoms with Gasteiger partial charge in [0, 0.05) is 6.54 Å². The summed E-state index contributed by atoms with van der Waals surface area (Å²) in [5.41, 5.74) is 1.45. The second kappa shape index (κ2) is 7.42. The lowest BCUT2D eigenvalue weighted by molar-refractivity contribution is 0.306. The van der Waals surface area contributed by atoms with E-state index in [9.17, 15) is 0 Å². The van der Waals surface area contributed by atoms with E-state index < -0.39 is 0 Å². The minimum absolute atomic E-state index is 0.688. The van der Waals surface area contributed by atoms with Gasteiger partial charge in [-0.05, 0) is 49.4 Å². The van der Waals surface area contributed by atoms with Crippen molar-refractivity contribution in [2.75, 3.05) is 19.7 Å². The predicted octanol–water partition coefficient (Wildman–Crippen LogP) is 3.72. The number of benzene rings is 1. The third-order valence-electron chi connectivity index (χ3n) is 3.67. The van der Waals surface area contributed by atoms with Gasteiger partial charge in [0.25, 0.3) is 0 Å². The average molecular weight is 247 g/mol. The first kappa shape index (κ1) is 13.4. The van der Waals surface area contributed by atoms with E-state index in [1.807, 2.05) is 0 Å². The van der Waals surface area contributed by atoms with Crippen molar-refractivity contribution in [1.82, 2.24) is 5.32 Å². The van der Waals surface area contributed by atoms with Gasteiger partial charge in [-0.2, -0.15) is 0 Å². The van der Waals surface area contributed by atoms with Crippen molar-refractivity contribution < 1.29 is 4.74 Å². The van der Waals surface area contributed by atoms with Gasteiger partial charge in [0.15, 0.2) is 0 Å². The molecule has 1 atom stereocenters. The fraction of sp³-hybridized carbons (Fsp3) is 0.625. The maximum absolute atomic E-state index is 5.73. The monoisotopic (exact) mass is 247 g/mol. The molecule has 1 heterocycles. The van der Waals surface area contributed by atoms with E-state index in [2.05, 4.69) is 36.5 Å². The lowest BCUT2D eigenvalue weighted by Crippen LogP contribution is -2.28. The first-order chi connectivity index (χ1) is 8.90. The van der Waals surface area contributed by atoms with Crippen molar-refractivity contribution in [2.24, 2.45) is 0 Å². The molecule has 0 aromatic heterocycles. The fourth-order valence-corrected chi connectivity index (χ4v) is 2.51. The molecule has 0 radical (unpaired) electrons. The van der Waals surface area contributed by atoms with E-state index in [-0.39, 0.29) is 0 Å². The van der Waals surface area contributed by atoms with E-state index in [0.717, 1.165) is 25.3 Å². The summed E-state index contributed by atoms with van der Waals surface area (Å²) in [6.07, 6.45) is 6.26. The van der Waals surface area contributed by atoms with E-state index >= 15 is 0 Å². The van der Waals surface area contributed by atoms with Crippen LogP contribution >= 0.6 is 0 Å². The standard InChI is InChI=1S/C16H25NO/c1-2-3-4-12-18-16-9-7-14(8-10-16)15-6-5-11-17-13-15/h7-10,15,17H,2-6,11-13H2,1H3. The van der Waals surface area contributed by atoms with Crippen LogP contribution in [0.15, 0.2) is 24.3 Å². The highest BCUT2D eigenvalue weighted by atomic mass is 16.5. The zero-order chi connectivity index (χ0) is 12.6. The Labute approximate surface area is 111 Å². The summed E-state index contributed by atoms with van der Waals surface area (Å²) in [5.74, 6) is 1.70. The van der Waals surface area contributed by atoms with Gasteiger partial charge < -0.3 is 10.1 Å². The van der Waals surface area contributed by atoms with Gasteiger partial charge >= 0.3 is 0 Å². The van der Waals surface area contributed by atoms with Crippen LogP contribution in [0.5, 0.6) is 5.75 Å². The lowest BCUT2D eigenvalue weighted by atomic mass is 9.92. The van der Waals surface area contributed by atoms with Gasteiger partial charge in [-0.15, -0.1) is 0 Å². The van der Waals surface area contributed by atoms with Gasteiger partial charge in [-0.25, -0.2) is 0 Å². The van der Waals surface area contributed by atoms with Crippen molar-refractivity contribution >= 4 is 0 Å². The van der Waals surface area contributed by atoms with E-state index in [1.165, 1.54) is 37.8 Å². The zero-order valence-electron chi connectivity index (χ0n) is 11.5. The maximum Gasteiger partial charge on any atom is 0.119 e. The molecule has 1 N–H and O–H groups in total. The molecule has 0 spiro atoms. The van der Waals surface area contributed by atoms with Crippen LogP contribution in [0, 0.1) is 0 Å². The van der Waals surface area contributed by atoms with Crippen LogP contribution in [0.3, 0.4) is 0 Å². The SMILES string of the molecule is CCCCCOc1ccc(C2CCCNC2)cc1. The van der Waals surface area contributed by atoms with Crippen LogP contribution < -0.4 is 10.1 Å². The van der Waals surface area contributed by atoms with E-state index in [4.69, 9.17) is 4.74 Å². The third kappa shape index (κ3) is 4.02. The smallest absolute Gasteiger partial charge is 0.119 e. The summed E-state index contributed by atoms with van der Waals surface area (Å²) in [6.45, 7) is 5.36. The van der Waals surface area contributed by atoms with Gasteiger partial charge in [0.2, 0.25) is 0 Å². The van der Waals surface area contributed by atoms with Gasteiger partial charge in [-0.3, -0.25) is 0 Å². The molecular weight excluding hydrogens is 222 g/mol. The number of unbranched alkanes of at least 4 members (excludes halogenated alkanes) is 2. The summed E-state index contributed by atoms with van der Waals surface area (Å²) >= 11 is 0. The van der Waals surface area contributed by atoms with Crippen molar-refractivity contribution in [1.29, 1.82) is 0 Å². The molecule has 1 aromatic carbocycles. The van der Waals surface area contributed by atoms with Gasteiger partial charge in [0.1, 0.15) is 5.75 Å². The zero-order valence-corrected chi connectivity index (χ0v) is 11.5. The second-order valence-corrected chi connectivity index (χ2v) is 5.17. The predicted molar refractivity (Wildman–Crippen MR) is 76.3 cm³/mol. The summed E-state index contributed by atoms with van der Waals surface area (Å²) in [4.78, 5) is 0. The molecule has 1 fully saturated rings. The van der Waals surface area contributed by atoms with Crippen LogP contribution in [0.25, 0.3) is 0 Å². The highest BCUT2D eigenvalue weighted by Gasteiger charge is 2.14. The second-order valence-electron chi connectivity index (χ2n) is 5.17. The number of hydrogen-bond donors (Lipinski definition) is 1. The molecule has 1 aliphatic heterocycles. The minimum Gasteiger partial charge on any atom is -0.494 e. The largest absolute Gasteiger partial charge is 0.494 e. The summed E-state index contributed by atoms with van der Waals surface area (Å²) < 4.78 is 5.73. The summed E-state index contributed by atoms with van der Waals surface area (Å²) in [6, 6.07) is 8.70. The molecule has 18 heavy (non-hydrogen) atoms. The molecule has 100 valence electrons. The Bertz CT molecular complexity index is 327. The number of nitrogens with one attached hydrogen (secondary N) is 1. The lowest BCUT2D eigenvalue weighted by Gasteiger charge is -2.23. The Balaban J connectivity index is 1.81. The number of hydrogen-bond acceptors (Lipinski definition) is 2. The summed E-state index contributed by atoms with van der Waals surface area (Å²) in [7, 11) is 0. The van der Waals surface area contributed by atoms with E-state index in [1.54, 1.807) is 0 Å². The van der Waals surface area contributed by atoms with Crippen LogP contribution in [0.2, 0.25) is 0 Å². The molecule has 1 unspecified atom stereocenters. The number of ether oxygens (including phenoxy) is 1.